The van der Waals surface area contributed by atoms with Crippen LogP contribution >= 0.6 is 11.6 Å². The molecule has 2 saturated heterocycles. The highest BCUT2D eigenvalue weighted by atomic mass is 35.5. The molecule has 0 aliphatic carbocycles. The third-order valence-corrected chi connectivity index (χ3v) is 4.78. The van der Waals surface area contributed by atoms with Crippen molar-refractivity contribution < 1.29 is 14.3 Å². The number of urea groups is 1. The number of amides is 3. The third-order valence-electron chi connectivity index (χ3n) is 4.46. The summed E-state index contributed by atoms with van der Waals surface area (Å²) in [6.07, 6.45) is 2.82. The standard InChI is InChI=1S/C17H22ClN3O3/c18-14-6-1-2-7-15(14)24-9-8-19-17(23)21-10-12-4-3-5-13(11-21)20-16(12)22/h1-2,6-7,12-13H,3-5,8-11H2,(H,19,23)(H,20,22)/t12-,13+/m1/s1. The number of carbonyl (C=O) groups is 2. The summed E-state index contributed by atoms with van der Waals surface area (Å²) in [6.45, 7) is 1.78. The Labute approximate surface area is 146 Å². The molecular weight excluding hydrogens is 330 g/mol. The Morgan fingerprint density at radius 3 is 3.00 bits per heavy atom. The fourth-order valence-corrected chi connectivity index (χ4v) is 3.40. The molecule has 0 radical (unpaired) electrons. The van der Waals surface area contributed by atoms with Gasteiger partial charge >= 0.3 is 6.03 Å². The van der Waals surface area contributed by atoms with E-state index in [0.717, 1.165) is 19.3 Å². The number of rotatable bonds is 4. The number of nitrogens with one attached hydrogen (secondary N) is 2. The SMILES string of the molecule is O=C1N[C@H]2CCC[C@@H]1CN(C(=O)NCCOc1ccccc1Cl)C2. The molecule has 2 aliphatic rings. The summed E-state index contributed by atoms with van der Waals surface area (Å²) in [5, 5.41) is 6.42. The van der Waals surface area contributed by atoms with E-state index >= 15 is 0 Å². The van der Waals surface area contributed by atoms with E-state index < -0.39 is 0 Å². The maximum atomic E-state index is 12.4. The number of hydrogen-bond acceptors (Lipinski definition) is 3. The van der Waals surface area contributed by atoms with E-state index in [1.54, 1.807) is 17.0 Å². The zero-order valence-electron chi connectivity index (χ0n) is 13.5. The average molecular weight is 352 g/mol. The first-order valence-electron chi connectivity index (χ1n) is 8.34. The molecule has 0 aromatic heterocycles. The van der Waals surface area contributed by atoms with E-state index in [-0.39, 0.29) is 23.9 Å². The minimum Gasteiger partial charge on any atom is -0.490 e. The lowest BCUT2D eigenvalue weighted by Crippen LogP contribution is -2.47. The molecule has 3 amide bonds. The van der Waals surface area contributed by atoms with Gasteiger partial charge in [0.05, 0.1) is 17.5 Å². The Balaban J connectivity index is 1.47. The number of carbonyl (C=O) groups excluding carboxylic acids is 2. The van der Waals surface area contributed by atoms with Crippen molar-refractivity contribution in [2.75, 3.05) is 26.2 Å². The number of hydrogen-bond donors (Lipinski definition) is 2. The van der Waals surface area contributed by atoms with E-state index in [0.29, 0.717) is 37.0 Å². The summed E-state index contributed by atoms with van der Waals surface area (Å²) in [6, 6.07) is 7.15. The van der Waals surface area contributed by atoms with Crippen LogP contribution in [0.2, 0.25) is 5.02 Å². The van der Waals surface area contributed by atoms with Crippen LogP contribution in [0.25, 0.3) is 0 Å². The van der Waals surface area contributed by atoms with Gasteiger partial charge in [-0.3, -0.25) is 4.79 Å². The van der Waals surface area contributed by atoms with Gasteiger partial charge in [-0.2, -0.15) is 0 Å². The molecule has 0 unspecified atom stereocenters. The first-order chi connectivity index (χ1) is 11.6. The van der Waals surface area contributed by atoms with Crippen LogP contribution in [0.3, 0.4) is 0 Å². The maximum Gasteiger partial charge on any atom is 0.317 e. The number of halogens is 1. The molecule has 1 aromatic rings. The highest BCUT2D eigenvalue weighted by molar-refractivity contribution is 6.32. The first kappa shape index (κ1) is 16.9. The van der Waals surface area contributed by atoms with E-state index in [1.807, 2.05) is 12.1 Å². The average Bonchev–Trinajstić information content (AvgIpc) is 2.81. The molecule has 24 heavy (non-hydrogen) atoms. The molecule has 0 spiro atoms. The lowest BCUT2D eigenvalue weighted by atomic mass is 9.99. The van der Waals surface area contributed by atoms with Gasteiger partial charge in [0.2, 0.25) is 5.91 Å². The molecular formula is C17H22ClN3O3. The molecule has 2 bridgehead atoms. The van der Waals surface area contributed by atoms with Gasteiger partial charge < -0.3 is 20.3 Å². The Kier molecular flexibility index (Phi) is 5.45. The normalized spacial score (nSPS) is 23.2. The Hall–Kier alpha value is -1.95. The number of likely N-dealkylation sites (tertiary alicyclic amines) is 1. The van der Waals surface area contributed by atoms with Crippen LogP contribution in [0.5, 0.6) is 5.75 Å². The quantitative estimate of drug-likeness (QED) is 0.815. The van der Waals surface area contributed by atoms with Crippen LogP contribution in [-0.2, 0) is 4.79 Å². The monoisotopic (exact) mass is 351 g/mol. The lowest BCUT2D eigenvalue weighted by Gasteiger charge is -2.27. The van der Waals surface area contributed by atoms with E-state index in [4.69, 9.17) is 16.3 Å². The van der Waals surface area contributed by atoms with Crippen LogP contribution in [0.4, 0.5) is 4.79 Å². The molecule has 1 aromatic carbocycles. The van der Waals surface area contributed by atoms with Crippen LogP contribution in [0.15, 0.2) is 24.3 Å². The third kappa shape index (κ3) is 4.12. The second kappa shape index (κ2) is 7.75. The van der Waals surface area contributed by atoms with E-state index in [9.17, 15) is 9.59 Å². The van der Waals surface area contributed by atoms with Crippen molar-refractivity contribution in [3.8, 4) is 5.75 Å². The van der Waals surface area contributed by atoms with Gasteiger partial charge in [0, 0.05) is 19.1 Å². The predicted molar refractivity (Wildman–Crippen MR) is 91.2 cm³/mol. The van der Waals surface area contributed by atoms with Gasteiger partial charge in [-0.1, -0.05) is 30.2 Å². The minimum absolute atomic E-state index is 0.0649. The molecule has 3 rings (SSSR count). The zero-order valence-corrected chi connectivity index (χ0v) is 14.2. The Morgan fingerprint density at radius 1 is 1.33 bits per heavy atom. The smallest absolute Gasteiger partial charge is 0.317 e. The summed E-state index contributed by atoms with van der Waals surface area (Å²) in [5.74, 6) is 0.588. The highest BCUT2D eigenvalue weighted by Crippen LogP contribution is 2.23. The first-order valence-corrected chi connectivity index (χ1v) is 8.72. The van der Waals surface area contributed by atoms with Crippen LogP contribution in [-0.4, -0.2) is 49.1 Å². The van der Waals surface area contributed by atoms with Crippen molar-refractivity contribution in [3.05, 3.63) is 29.3 Å². The Morgan fingerprint density at radius 2 is 2.17 bits per heavy atom. The van der Waals surface area contributed by atoms with Crippen molar-refractivity contribution in [2.24, 2.45) is 5.92 Å². The summed E-state index contributed by atoms with van der Waals surface area (Å²) in [4.78, 5) is 26.1. The summed E-state index contributed by atoms with van der Waals surface area (Å²) >= 11 is 6.01. The zero-order chi connectivity index (χ0) is 16.9. The van der Waals surface area contributed by atoms with Crippen molar-refractivity contribution in [2.45, 2.75) is 25.3 Å². The number of benzene rings is 1. The summed E-state index contributed by atoms with van der Waals surface area (Å²) < 4.78 is 5.56. The molecule has 2 heterocycles. The van der Waals surface area contributed by atoms with Crippen molar-refractivity contribution in [3.63, 3.8) is 0 Å². The molecule has 2 atom stereocenters. The number of nitrogens with zero attached hydrogens (tertiary/aromatic N) is 1. The van der Waals surface area contributed by atoms with Gasteiger partial charge in [0.15, 0.2) is 0 Å². The van der Waals surface area contributed by atoms with Gasteiger partial charge in [-0.15, -0.1) is 0 Å². The second-order valence-electron chi connectivity index (χ2n) is 6.25. The topological polar surface area (TPSA) is 70.7 Å². The molecule has 130 valence electrons. The van der Waals surface area contributed by atoms with Crippen LogP contribution in [0.1, 0.15) is 19.3 Å². The largest absolute Gasteiger partial charge is 0.490 e. The molecule has 0 saturated carbocycles. The molecule has 2 fully saturated rings. The predicted octanol–water partition coefficient (Wildman–Crippen LogP) is 2.03. The molecule has 7 heteroatoms. The Bertz CT molecular complexity index is 610. The van der Waals surface area contributed by atoms with Gasteiger partial charge in [0.25, 0.3) is 0 Å². The van der Waals surface area contributed by atoms with Crippen LogP contribution < -0.4 is 15.4 Å². The fourth-order valence-electron chi connectivity index (χ4n) is 3.21. The maximum absolute atomic E-state index is 12.4. The second-order valence-corrected chi connectivity index (χ2v) is 6.66. The van der Waals surface area contributed by atoms with Crippen molar-refractivity contribution in [1.82, 2.24) is 15.5 Å². The van der Waals surface area contributed by atoms with Gasteiger partial charge in [-0.05, 0) is 25.0 Å². The summed E-state index contributed by atoms with van der Waals surface area (Å²) in [7, 11) is 0. The molecule has 2 aliphatic heterocycles. The summed E-state index contributed by atoms with van der Waals surface area (Å²) in [5.41, 5.74) is 0. The van der Waals surface area contributed by atoms with Crippen LogP contribution in [0, 0.1) is 5.92 Å². The molecule has 6 nitrogen and oxygen atoms in total. The van der Waals surface area contributed by atoms with Crippen molar-refractivity contribution in [1.29, 1.82) is 0 Å². The van der Waals surface area contributed by atoms with Gasteiger partial charge in [-0.25, -0.2) is 4.79 Å². The highest BCUT2D eigenvalue weighted by Gasteiger charge is 2.34. The van der Waals surface area contributed by atoms with Crippen molar-refractivity contribution >= 4 is 23.5 Å². The molecule has 2 N–H and O–H groups in total. The lowest BCUT2D eigenvalue weighted by molar-refractivity contribution is -0.124. The van der Waals surface area contributed by atoms with Gasteiger partial charge in [0.1, 0.15) is 12.4 Å². The number of para-hydroxylation sites is 1. The van der Waals surface area contributed by atoms with E-state index in [1.165, 1.54) is 0 Å². The number of ether oxygens (including phenoxy) is 1. The minimum atomic E-state index is -0.147. The fraction of sp³-hybridized carbons (Fsp3) is 0.529. The van der Waals surface area contributed by atoms with E-state index in [2.05, 4.69) is 10.6 Å². The number of fused-ring (bicyclic) bond motifs is 3.